The number of amides is 1. The molecule has 0 aromatic heterocycles. The zero-order chi connectivity index (χ0) is 14.7. The van der Waals surface area contributed by atoms with E-state index in [9.17, 15) is 9.18 Å². The normalized spacial score (nSPS) is 17.6. The van der Waals surface area contributed by atoms with E-state index < -0.39 is 6.04 Å². The van der Waals surface area contributed by atoms with Crippen molar-refractivity contribution in [1.82, 2.24) is 4.90 Å². The van der Waals surface area contributed by atoms with E-state index in [1.54, 1.807) is 12.1 Å². The summed E-state index contributed by atoms with van der Waals surface area (Å²) < 4.78 is 12.9. The lowest BCUT2D eigenvalue weighted by atomic mass is 9.98. The molecule has 1 aliphatic rings. The van der Waals surface area contributed by atoms with Crippen LogP contribution in [0.1, 0.15) is 38.7 Å². The van der Waals surface area contributed by atoms with Gasteiger partial charge >= 0.3 is 0 Å². The van der Waals surface area contributed by atoms with Crippen molar-refractivity contribution in [3.63, 3.8) is 0 Å². The molecule has 2 rings (SSSR count). The predicted octanol–water partition coefficient (Wildman–Crippen LogP) is 2.69. The van der Waals surface area contributed by atoms with Crippen molar-refractivity contribution in [3.8, 4) is 0 Å². The number of benzene rings is 1. The van der Waals surface area contributed by atoms with Crippen LogP contribution in [0.3, 0.4) is 0 Å². The number of hydrogen-bond donors (Lipinski definition) is 1. The van der Waals surface area contributed by atoms with E-state index >= 15 is 0 Å². The van der Waals surface area contributed by atoms with E-state index in [0.717, 1.165) is 24.8 Å². The maximum Gasteiger partial charge on any atom is 0.240 e. The van der Waals surface area contributed by atoms with E-state index in [0.29, 0.717) is 12.6 Å². The maximum absolute atomic E-state index is 12.9. The monoisotopic (exact) mass is 278 g/mol. The molecule has 3 nitrogen and oxygen atoms in total. The van der Waals surface area contributed by atoms with E-state index in [1.165, 1.54) is 12.1 Å². The molecule has 0 saturated heterocycles. The summed E-state index contributed by atoms with van der Waals surface area (Å²) in [6.45, 7) is 4.57. The van der Waals surface area contributed by atoms with Gasteiger partial charge in [0.25, 0.3) is 0 Å². The van der Waals surface area contributed by atoms with Gasteiger partial charge in [0, 0.05) is 12.6 Å². The largest absolute Gasteiger partial charge is 0.334 e. The summed E-state index contributed by atoms with van der Waals surface area (Å²) >= 11 is 0. The molecule has 110 valence electrons. The molecule has 1 fully saturated rings. The van der Waals surface area contributed by atoms with Crippen LogP contribution in [0.15, 0.2) is 24.3 Å². The molecular formula is C16H23FN2O. The molecule has 4 heteroatoms. The fourth-order valence-electron chi connectivity index (χ4n) is 2.25. The summed E-state index contributed by atoms with van der Waals surface area (Å²) in [5.74, 6) is -0.0579. The molecule has 0 spiro atoms. The average molecular weight is 278 g/mol. The Kier molecular flexibility index (Phi) is 4.76. The first-order valence-electron chi connectivity index (χ1n) is 7.33. The summed E-state index contributed by atoms with van der Waals surface area (Å²) in [6.07, 6.45) is 2.97. The van der Waals surface area contributed by atoms with Crippen molar-refractivity contribution < 1.29 is 9.18 Å². The average Bonchev–Trinajstić information content (AvgIpc) is 3.28. The Hall–Kier alpha value is -1.42. The van der Waals surface area contributed by atoms with Crippen molar-refractivity contribution >= 4 is 5.91 Å². The van der Waals surface area contributed by atoms with E-state index in [-0.39, 0.29) is 17.6 Å². The van der Waals surface area contributed by atoms with Crippen molar-refractivity contribution in [1.29, 1.82) is 0 Å². The third-order valence-corrected chi connectivity index (χ3v) is 4.08. The molecule has 1 aliphatic carbocycles. The Labute approximate surface area is 120 Å². The molecule has 0 radical (unpaired) electrons. The van der Waals surface area contributed by atoms with Crippen molar-refractivity contribution in [2.24, 2.45) is 11.7 Å². The summed E-state index contributed by atoms with van der Waals surface area (Å²) in [4.78, 5) is 14.4. The topological polar surface area (TPSA) is 46.3 Å². The van der Waals surface area contributed by atoms with E-state index in [2.05, 4.69) is 0 Å². The first-order chi connectivity index (χ1) is 9.52. The fourth-order valence-corrected chi connectivity index (χ4v) is 2.25. The van der Waals surface area contributed by atoms with E-state index in [1.807, 2.05) is 18.7 Å². The molecule has 0 heterocycles. The second kappa shape index (κ2) is 6.35. The third kappa shape index (κ3) is 3.57. The summed E-state index contributed by atoms with van der Waals surface area (Å²) in [7, 11) is 0. The summed E-state index contributed by atoms with van der Waals surface area (Å²) in [5, 5.41) is 0. The number of halogens is 1. The number of nitrogens with zero attached hydrogens (tertiary/aromatic N) is 1. The Bertz CT molecular complexity index is 456. The molecule has 1 saturated carbocycles. The van der Waals surface area contributed by atoms with Crippen LogP contribution >= 0.6 is 0 Å². The highest BCUT2D eigenvalue weighted by atomic mass is 19.1. The van der Waals surface area contributed by atoms with Crippen molar-refractivity contribution in [2.75, 3.05) is 0 Å². The Balaban J connectivity index is 2.07. The zero-order valence-corrected chi connectivity index (χ0v) is 12.2. The zero-order valence-electron chi connectivity index (χ0n) is 12.2. The molecule has 0 aliphatic heterocycles. The highest BCUT2D eigenvalue weighted by Crippen LogP contribution is 2.29. The molecule has 20 heavy (non-hydrogen) atoms. The minimum atomic E-state index is -0.443. The predicted molar refractivity (Wildman–Crippen MR) is 77.4 cm³/mol. The minimum Gasteiger partial charge on any atom is -0.334 e. The fraction of sp³-hybridized carbons (Fsp3) is 0.562. The van der Waals surface area contributed by atoms with E-state index in [4.69, 9.17) is 5.73 Å². The van der Waals surface area contributed by atoms with Gasteiger partial charge in [-0.2, -0.15) is 0 Å². The van der Waals surface area contributed by atoms with Gasteiger partial charge in [0.05, 0.1) is 6.04 Å². The van der Waals surface area contributed by atoms with Crippen LogP contribution in [0.5, 0.6) is 0 Å². The number of carbonyl (C=O) groups excluding carboxylic acids is 1. The molecule has 1 aromatic rings. The molecule has 2 N–H and O–H groups in total. The van der Waals surface area contributed by atoms with Gasteiger partial charge in [-0.15, -0.1) is 0 Å². The third-order valence-electron chi connectivity index (χ3n) is 4.08. The second-order valence-electron chi connectivity index (χ2n) is 5.74. The van der Waals surface area contributed by atoms with Crippen LogP contribution in [0.4, 0.5) is 4.39 Å². The van der Waals surface area contributed by atoms with Crippen LogP contribution in [-0.4, -0.2) is 22.9 Å². The lowest BCUT2D eigenvalue weighted by Gasteiger charge is -2.28. The number of hydrogen-bond acceptors (Lipinski definition) is 2. The van der Waals surface area contributed by atoms with Gasteiger partial charge in [-0.05, 0) is 36.5 Å². The van der Waals surface area contributed by atoms with Gasteiger partial charge in [-0.1, -0.05) is 32.4 Å². The van der Waals surface area contributed by atoms with Gasteiger partial charge in [-0.3, -0.25) is 4.79 Å². The lowest BCUT2D eigenvalue weighted by Crippen LogP contribution is -2.47. The Morgan fingerprint density at radius 3 is 2.50 bits per heavy atom. The number of carbonyl (C=O) groups is 1. The summed E-state index contributed by atoms with van der Waals surface area (Å²) in [5.41, 5.74) is 7.01. The maximum atomic E-state index is 12.9. The first kappa shape index (κ1) is 15.0. The van der Waals surface area contributed by atoms with Crippen LogP contribution in [-0.2, 0) is 11.3 Å². The van der Waals surface area contributed by atoms with Crippen LogP contribution < -0.4 is 5.73 Å². The molecule has 1 amide bonds. The molecule has 2 unspecified atom stereocenters. The number of rotatable bonds is 6. The quantitative estimate of drug-likeness (QED) is 0.869. The van der Waals surface area contributed by atoms with Crippen LogP contribution in [0.2, 0.25) is 0 Å². The van der Waals surface area contributed by atoms with Crippen molar-refractivity contribution in [3.05, 3.63) is 35.6 Å². The second-order valence-corrected chi connectivity index (χ2v) is 5.74. The SMILES string of the molecule is CCC(C)C(N)C(=O)N(Cc1ccc(F)cc1)C1CC1. The molecule has 2 atom stereocenters. The molecular weight excluding hydrogens is 255 g/mol. The van der Waals surface area contributed by atoms with Gasteiger partial charge in [-0.25, -0.2) is 4.39 Å². The number of nitrogens with two attached hydrogens (primary N) is 1. The lowest BCUT2D eigenvalue weighted by molar-refractivity contribution is -0.135. The summed E-state index contributed by atoms with van der Waals surface area (Å²) in [6, 6.07) is 6.18. The Morgan fingerprint density at radius 2 is 2.00 bits per heavy atom. The molecule has 1 aromatic carbocycles. The van der Waals surface area contributed by atoms with Crippen LogP contribution in [0, 0.1) is 11.7 Å². The molecule has 0 bridgehead atoms. The standard InChI is InChI=1S/C16H23FN2O/c1-3-11(2)15(18)16(20)19(14-8-9-14)10-12-4-6-13(17)7-5-12/h4-7,11,14-15H,3,8-10,18H2,1-2H3. The van der Waals surface area contributed by atoms with Crippen LogP contribution in [0.25, 0.3) is 0 Å². The first-order valence-corrected chi connectivity index (χ1v) is 7.33. The van der Waals surface area contributed by atoms with Gasteiger partial charge in [0.1, 0.15) is 5.82 Å². The van der Waals surface area contributed by atoms with Gasteiger partial charge in [0.15, 0.2) is 0 Å². The van der Waals surface area contributed by atoms with Crippen molar-refractivity contribution in [2.45, 2.75) is 51.7 Å². The highest BCUT2D eigenvalue weighted by Gasteiger charge is 2.35. The minimum absolute atomic E-state index is 0.0196. The van der Waals surface area contributed by atoms with Gasteiger partial charge in [0.2, 0.25) is 5.91 Å². The smallest absolute Gasteiger partial charge is 0.240 e. The highest BCUT2D eigenvalue weighted by molar-refractivity contribution is 5.82. The Morgan fingerprint density at radius 1 is 1.40 bits per heavy atom. The van der Waals surface area contributed by atoms with Gasteiger partial charge < -0.3 is 10.6 Å².